The summed E-state index contributed by atoms with van der Waals surface area (Å²) in [6.07, 6.45) is 3.67. The predicted octanol–water partition coefficient (Wildman–Crippen LogP) is 2.84. The number of carbonyl (C=O) groups is 4. The highest BCUT2D eigenvalue weighted by atomic mass is 32.1. The number of ether oxygens (including phenoxy) is 1. The Balaban J connectivity index is 1.23. The van der Waals surface area contributed by atoms with Gasteiger partial charge in [0.25, 0.3) is 0 Å². The summed E-state index contributed by atoms with van der Waals surface area (Å²) in [6.45, 7) is 3.73. The monoisotopic (exact) mass is 563 g/mol. The van der Waals surface area contributed by atoms with Crippen molar-refractivity contribution >= 4 is 46.8 Å². The Hall–Kier alpha value is -4.07. The van der Waals surface area contributed by atoms with E-state index in [-0.39, 0.29) is 11.7 Å². The highest BCUT2D eigenvalue weighted by Crippen LogP contribution is 2.46. The average molecular weight is 564 g/mol. The number of aromatic nitrogens is 2. The summed E-state index contributed by atoms with van der Waals surface area (Å²) in [5.41, 5.74) is 6.25. The summed E-state index contributed by atoms with van der Waals surface area (Å²) < 4.78 is 5.31. The van der Waals surface area contributed by atoms with Crippen LogP contribution in [0.1, 0.15) is 40.1 Å². The molecule has 3 aromatic rings. The van der Waals surface area contributed by atoms with E-state index >= 15 is 0 Å². The lowest BCUT2D eigenvalue weighted by atomic mass is 10.1. The van der Waals surface area contributed by atoms with Crippen LogP contribution in [0.25, 0.3) is 21.8 Å². The van der Waals surface area contributed by atoms with Gasteiger partial charge in [-0.25, -0.2) is 9.80 Å². The first-order valence-corrected chi connectivity index (χ1v) is 14.1. The molecule has 12 nitrogen and oxygen atoms in total. The zero-order valence-electron chi connectivity index (χ0n) is 21.7. The number of morpholine rings is 1. The van der Waals surface area contributed by atoms with Crippen molar-refractivity contribution in [2.45, 2.75) is 25.7 Å². The molecule has 2 fully saturated rings. The Morgan fingerprint density at radius 1 is 1.15 bits per heavy atom. The first kappa shape index (κ1) is 26.2. The number of carbonyl (C=O) groups excluding carboxylic acids is 4. The van der Waals surface area contributed by atoms with Crippen LogP contribution in [0.15, 0.2) is 24.3 Å². The van der Waals surface area contributed by atoms with Crippen molar-refractivity contribution in [1.29, 1.82) is 0 Å². The van der Waals surface area contributed by atoms with Gasteiger partial charge in [-0.3, -0.25) is 24.9 Å². The molecule has 4 heterocycles. The molecule has 0 bridgehead atoms. The molecule has 0 radical (unpaired) electrons. The van der Waals surface area contributed by atoms with E-state index in [9.17, 15) is 19.2 Å². The number of likely N-dealkylation sites (tertiary alicyclic amines) is 1. The van der Waals surface area contributed by atoms with Crippen molar-refractivity contribution in [3.05, 3.63) is 40.3 Å². The largest absolute Gasteiger partial charge is 0.379 e. The molecule has 1 aromatic carbocycles. The van der Waals surface area contributed by atoms with Gasteiger partial charge in [0, 0.05) is 43.0 Å². The second-order valence-corrected chi connectivity index (χ2v) is 11.0. The van der Waals surface area contributed by atoms with Gasteiger partial charge >= 0.3 is 6.03 Å². The third-order valence-corrected chi connectivity index (χ3v) is 8.51. The molecule has 2 saturated heterocycles. The highest BCUT2D eigenvalue weighted by molar-refractivity contribution is 7.16. The van der Waals surface area contributed by atoms with Gasteiger partial charge < -0.3 is 20.3 Å². The SMILES string of the molecule is O=CNc1cc(CCCN2CCCC2=O)sc1-c1n[nH]c2c1C(=O)c1c(NC(=O)NN3CCOCC3)cccc1-2. The second-order valence-electron chi connectivity index (χ2n) is 9.85. The lowest BCUT2D eigenvalue weighted by molar-refractivity contribution is -0.127. The van der Waals surface area contributed by atoms with E-state index in [0.717, 1.165) is 30.7 Å². The molecule has 0 spiro atoms. The predicted molar refractivity (Wildman–Crippen MR) is 149 cm³/mol. The molecule has 6 rings (SSSR count). The number of H-pyrrole nitrogens is 1. The zero-order chi connectivity index (χ0) is 27.6. The normalized spacial score (nSPS) is 16.6. The highest BCUT2D eigenvalue weighted by Gasteiger charge is 2.36. The van der Waals surface area contributed by atoms with Crippen LogP contribution >= 0.6 is 11.3 Å². The minimum absolute atomic E-state index is 0.202. The van der Waals surface area contributed by atoms with Crippen molar-refractivity contribution in [1.82, 2.24) is 25.5 Å². The fraction of sp³-hybridized carbons (Fsp3) is 0.370. The molecular formula is C27H29N7O5S. The molecule has 4 amide bonds. The molecule has 0 atom stereocenters. The summed E-state index contributed by atoms with van der Waals surface area (Å²) in [5, 5.41) is 14.8. The number of anilines is 2. The summed E-state index contributed by atoms with van der Waals surface area (Å²) in [7, 11) is 0. The first-order valence-electron chi connectivity index (χ1n) is 13.3. The van der Waals surface area contributed by atoms with Gasteiger partial charge in [-0.2, -0.15) is 5.10 Å². The van der Waals surface area contributed by atoms with Crippen molar-refractivity contribution < 1.29 is 23.9 Å². The van der Waals surface area contributed by atoms with E-state index < -0.39 is 6.03 Å². The fourth-order valence-electron chi connectivity index (χ4n) is 5.42. The molecule has 0 unspecified atom stereocenters. The number of fused-ring (bicyclic) bond motifs is 3. The number of ketones is 1. The van der Waals surface area contributed by atoms with Crippen LogP contribution in [0, 0.1) is 0 Å². The number of nitrogens with one attached hydrogen (secondary N) is 4. The van der Waals surface area contributed by atoms with E-state index in [0.29, 0.717) is 90.0 Å². The molecule has 1 aliphatic carbocycles. The average Bonchev–Trinajstić information content (AvgIpc) is 3.71. The first-order chi connectivity index (χ1) is 19.5. The molecule has 208 valence electrons. The maximum atomic E-state index is 13.8. The van der Waals surface area contributed by atoms with Crippen LogP contribution in [0.3, 0.4) is 0 Å². The van der Waals surface area contributed by atoms with E-state index in [2.05, 4.69) is 26.3 Å². The van der Waals surface area contributed by atoms with Crippen LogP contribution in [-0.4, -0.2) is 83.6 Å². The molecule has 13 heteroatoms. The van der Waals surface area contributed by atoms with Gasteiger partial charge in [0.15, 0.2) is 5.78 Å². The van der Waals surface area contributed by atoms with Crippen LogP contribution in [0.4, 0.5) is 16.2 Å². The van der Waals surface area contributed by atoms with Crippen molar-refractivity contribution in [2.75, 3.05) is 50.0 Å². The zero-order valence-corrected chi connectivity index (χ0v) is 22.6. The van der Waals surface area contributed by atoms with Crippen LogP contribution < -0.4 is 16.1 Å². The smallest absolute Gasteiger partial charge is 0.333 e. The van der Waals surface area contributed by atoms with E-state index in [4.69, 9.17) is 4.74 Å². The second kappa shape index (κ2) is 11.2. The maximum absolute atomic E-state index is 13.8. The number of urea groups is 1. The minimum atomic E-state index is -0.437. The lowest BCUT2D eigenvalue weighted by Gasteiger charge is -2.27. The number of thiophene rings is 1. The molecule has 3 aliphatic rings. The molecular weight excluding hydrogens is 534 g/mol. The number of hydrogen-bond donors (Lipinski definition) is 4. The number of amides is 4. The van der Waals surface area contributed by atoms with Crippen LogP contribution in [0.5, 0.6) is 0 Å². The van der Waals surface area contributed by atoms with Gasteiger partial charge in [0.1, 0.15) is 5.69 Å². The van der Waals surface area contributed by atoms with Gasteiger partial charge in [-0.05, 0) is 31.4 Å². The number of hydrogen-bond acceptors (Lipinski definition) is 8. The number of hydrazine groups is 1. The number of benzene rings is 1. The summed E-state index contributed by atoms with van der Waals surface area (Å²) in [4.78, 5) is 53.4. The number of nitrogens with zero attached hydrogens (tertiary/aromatic N) is 3. The van der Waals surface area contributed by atoms with Gasteiger partial charge in [-0.1, -0.05) is 12.1 Å². The lowest BCUT2D eigenvalue weighted by Crippen LogP contribution is -2.49. The molecule has 2 aromatic heterocycles. The molecule has 40 heavy (non-hydrogen) atoms. The number of rotatable bonds is 9. The standard InChI is InChI=1S/C27H29N7O5S/c35-15-28-19-14-16(4-2-8-33-9-3-7-20(33)36)40-26(19)24-22-23(30-31-24)17-5-1-6-18(21(17)25(22)37)29-27(38)32-34-10-12-39-13-11-34/h1,5-6,14-15H,2-4,7-13H2,(H,28,35)(H,30,31)(H2,29,32,38). The Kier molecular flexibility index (Phi) is 7.32. The van der Waals surface area contributed by atoms with Crippen molar-refractivity contribution in [2.24, 2.45) is 0 Å². The van der Waals surface area contributed by atoms with E-state index in [1.165, 1.54) is 11.3 Å². The molecule has 0 saturated carbocycles. The number of aryl methyl sites for hydroxylation is 1. The Bertz CT molecular complexity index is 1480. The van der Waals surface area contributed by atoms with Crippen molar-refractivity contribution in [3.8, 4) is 21.8 Å². The minimum Gasteiger partial charge on any atom is -0.379 e. The molecule has 4 N–H and O–H groups in total. The quantitative estimate of drug-likeness (QED) is 0.229. The topological polar surface area (TPSA) is 149 Å². The Morgan fingerprint density at radius 3 is 2.77 bits per heavy atom. The van der Waals surface area contributed by atoms with Crippen LogP contribution in [0.2, 0.25) is 0 Å². The Labute approximate surface area is 234 Å². The summed E-state index contributed by atoms with van der Waals surface area (Å²) >= 11 is 1.47. The molecule has 2 aliphatic heterocycles. The summed E-state index contributed by atoms with van der Waals surface area (Å²) in [6, 6.07) is 6.75. The summed E-state index contributed by atoms with van der Waals surface area (Å²) in [5.74, 6) is -0.0525. The van der Waals surface area contributed by atoms with Crippen molar-refractivity contribution in [3.63, 3.8) is 0 Å². The van der Waals surface area contributed by atoms with Gasteiger partial charge in [-0.15, -0.1) is 11.3 Å². The van der Waals surface area contributed by atoms with Crippen LogP contribution in [-0.2, 0) is 20.7 Å². The third kappa shape index (κ3) is 4.98. The third-order valence-electron chi connectivity index (χ3n) is 7.31. The van der Waals surface area contributed by atoms with E-state index in [1.807, 2.05) is 17.0 Å². The Morgan fingerprint density at radius 2 is 2.00 bits per heavy atom. The fourth-order valence-corrected chi connectivity index (χ4v) is 6.58. The van der Waals surface area contributed by atoms with Gasteiger partial charge in [0.05, 0.1) is 46.3 Å². The van der Waals surface area contributed by atoms with Gasteiger partial charge in [0.2, 0.25) is 12.3 Å². The number of aromatic amines is 1. The maximum Gasteiger partial charge on any atom is 0.333 e. The van der Waals surface area contributed by atoms with E-state index in [1.54, 1.807) is 17.1 Å².